The van der Waals surface area contributed by atoms with Gasteiger partial charge in [0, 0.05) is 63.5 Å². The molecule has 2 aliphatic heterocycles. The Morgan fingerprint density at radius 1 is 0.722 bits per heavy atom. The molecule has 0 radical (unpaired) electrons. The number of nitrogens with zero attached hydrogens (tertiary/aromatic N) is 2. The zero-order chi connectivity index (χ0) is 26.4. The van der Waals surface area contributed by atoms with Crippen molar-refractivity contribution in [2.75, 3.05) is 52.4 Å². The Morgan fingerprint density at radius 2 is 1.14 bits per heavy atom. The van der Waals surface area contributed by atoms with Crippen molar-refractivity contribution < 1.29 is 19.1 Å². The number of carbonyl (C=O) groups is 3. The first-order chi connectivity index (χ1) is 17.2. The molecule has 2 aliphatic rings. The lowest BCUT2D eigenvalue weighted by atomic mass is 10.2. The molecule has 2 aromatic rings. The van der Waals surface area contributed by atoms with Crippen LogP contribution in [-0.2, 0) is 4.74 Å². The number of halogens is 1. The molecule has 196 valence electrons. The molecule has 2 aromatic carbocycles. The normalized spacial score (nSPS) is 15.4. The highest BCUT2D eigenvalue weighted by atomic mass is 35.5. The third-order valence-corrected chi connectivity index (χ3v) is 5.41. The lowest BCUT2D eigenvalue weighted by molar-refractivity contribution is 0.0228. The lowest BCUT2D eigenvalue weighted by Gasteiger charge is -2.30. The molecular weight excluding hydrogens is 480 g/mol. The molecule has 0 saturated carbocycles. The Kier molecular flexibility index (Phi) is 12.4. The van der Waals surface area contributed by atoms with Gasteiger partial charge >= 0.3 is 6.09 Å². The molecule has 9 heteroatoms. The number of hydrogen-bond acceptors (Lipinski definition) is 6. The van der Waals surface area contributed by atoms with Crippen LogP contribution >= 0.6 is 11.6 Å². The molecule has 0 aromatic heterocycles. The van der Waals surface area contributed by atoms with E-state index in [1.54, 1.807) is 29.2 Å². The molecule has 2 N–H and O–H groups in total. The molecule has 0 spiro atoms. The molecule has 0 atom stereocenters. The fraction of sp³-hybridized carbons (Fsp3) is 0.444. The van der Waals surface area contributed by atoms with Crippen LogP contribution < -0.4 is 10.6 Å². The van der Waals surface area contributed by atoms with E-state index in [1.807, 2.05) is 62.1 Å². The van der Waals surface area contributed by atoms with Crippen LogP contribution in [0, 0.1) is 0 Å². The minimum Gasteiger partial charge on any atom is -0.444 e. The van der Waals surface area contributed by atoms with Gasteiger partial charge in [-0.3, -0.25) is 9.59 Å². The first kappa shape index (κ1) is 29.3. The Hall–Kier alpha value is -2.94. The number of ether oxygens (including phenoxy) is 1. The fourth-order valence-electron chi connectivity index (χ4n) is 3.37. The van der Waals surface area contributed by atoms with Crippen LogP contribution in [0.2, 0.25) is 0 Å². The van der Waals surface area contributed by atoms with Gasteiger partial charge in [0.25, 0.3) is 11.1 Å². The van der Waals surface area contributed by atoms with Crippen molar-refractivity contribution in [2.45, 2.75) is 26.4 Å². The molecule has 36 heavy (non-hydrogen) atoms. The number of benzene rings is 2. The van der Waals surface area contributed by atoms with E-state index < -0.39 is 5.24 Å². The second-order valence-electron chi connectivity index (χ2n) is 9.27. The van der Waals surface area contributed by atoms with E-state index in [-0.39, 0.29) is 17.6 Å². The van der Waals surface area contributed by atoms with Crippen molar-refractivity contribution in [3.05, 3.63) is 71.8 Å². The zero-order valence-electron chi connectivity index (χ0n) is 21.3. The predicted octanol–water partition coefficient (Wildman–Crippen LogP) is 3.62. The Bertz CT molecular complexity index is 939. The molecule has 2 heterocycles. The van der Waals surface area contributed by atoms with Gasteiger partial charge in [-0.1, -0.05) is 48.5 Å². The largest absolute Gasteiger partial charge is 0.444 e. The summed E-state index contributed by atoms with van der Waals surface area (Å²) in [7, 11) is 0. The third-order valence-electron chi connectivity index (χ3n) is 5.19. The van der Waals surface area contributed by atoms with Gasteiger partial charge in [0.15, 0.2) is 0 Å². The van der Waals surface area contributed by atoms with E-state index in [2.05, 4.69) is 10.6 Å². The number of hydrogen-bond donors (Lipinski definition) is 2. The molecule has 2 fully saturated rings. The van der Waals surface area contributed by atoms with Crippen LogP contribution in [0.5, 0.6) is 0 Å². The van der Waals surface area contributed by atoms with Gasteiger partial charge in [-0.05, 0) is 44.5 Å². The molecule has 4 rings (SSSR count). The predicted molar refractivity (Wildman–Crippen MR) is 143 cm³/mol. The quantitative estimate of drug-likeness (QED) is 0.592. The monoisotopic (exact) mass is 516 g/mol. The maximum atomic E-state index is 11.9. The highest BCUT2D eigenvalue weighted by Gasteiger charge is 2.22. The van der Waals surface area contributed by atoms with Gasteiger partial charge in [-0.15, -0.1) is 0 Å². The van der Waals surface area contributed by atoms with Crippen LogP contribution in [0.3, 0.4) is 0 Å². The number of amides is 2. The van der Waals surface area contributed by atoms with E-state index in [9.17, 15) is 14.4 Å². The van der Waals surface area contributed by atoms with Gasteiger partial charge in [-0.25, -0.2) is 4.79 Å². The van der Waals surface area contributed by atoms with Crippen molar-refractivity contribution in [1.29, 1.82) is 0 Å². The van der Waals surface area contributed by atoms with Gasteiger partial charge in [-0.2, -0.15) is 0 Å². The van der Waals surface area contributed by atoms with Gasteiger partial charge in [0.05, 0.1) is 0 Å². The maximum absolute atomic E-state index is 11.9. The standard InChI is InChI=1S/C11H14N2O.C9H18N2O2.C7H5ClO/c14-11(10-4-2-1-3-5-10)13-8-6-12-7-9-13;1-9(2,3)13-8(12)11-6-4-10-5-7-11;8-7(9)6-4-2-1-3-5-6/h1-5,12H,6-9H2;10H,4-7H2,1-3H3;1-5H. The van der Waals surface area contributed by atoms with Crippen molar-refractivity contribution in [3.8, 4) is 0 Å². The summed E-state index contributed by atoms with van der Waals surface area (Å²) in [6.45, 7) is 12.3. The smallest absolute Gasteiger partial charge is 0.410 e. The number of nitrogens with one attached hydrogen (secondary N) is 2. The number of piperazine rings is 2. The van der Waals surface area contributed by atoms with Crippen LogP contribution in [0.1, 0.15) is 41.5 Å². The summed E-state index contributed by atoms with van der Waals surface area (Å²) in [4.78, 5) is 37.4. The minimum atomic E-state index is -0.407. The molecule has 0 bridgehead atoms. The molecule has 8 nitrogen and oxygen atoms in total. The highest BCUT2D eigenvalue weighted by molar-refractivity contribution is 6.67. The van der Waals surface area contributed by atoms with Crippen molar-refractivity contribution in [2.24, 2.45) is 0 Å². The SMILES string of the molecule is CC(C)(C)OC(=O)N1CCNCC1.O=C(Cl)c1ccccc1.O=C(c1ccccc1)N1CCNCC1. The average Bonchev–Trinajstić information content (AvgIpc) is 2.90. The van der Waals surface area contributed by atoms with E-state index in [1.165, 1.54) is 0 Å². The van der Waals surface area contributed by atoms with Crippen molar-refractivity contribution >= 4 is 28.8 Å². The molecule has 2 amide bonds. The lowest BCUT2D eigenvalue weighted by Crippen LogP contribution is -2.48. The number of carbonyl (C=O) groups excluding carboxylic acids is 3. The average molecular weight is 517 g/mol. The van der Waals surface area contributed by atoms with Crippen LogP contribution in [-0.4, -0.2) is 85.0 Å². The Morgan fingerprint density at radius 3 is 1.53 bits per heavy atom. The first-order valence-electron chi connectivity index (χ1n) is 12.2. The van der Waals surface area contributed by atoms with E-state index in [0.717, 1.165) is 57.9 Å². The first-order valence-corrected chi connectivity index (χ1v) is 12.5. The molecule has 0 aliphatic carbocycles. The summed E-state index contributed by atoms with van der Waals surface area (Å²) in [6.07, 6.45) is -0.200. The summed E-state index contributed by atoms with van der Waals surface area (Å²) in [6, 6.07) is 18.2. The van der Waals surface area contributed by atoms with Gasteiger partial charge < -0.3 is 25.2 Å². The van der Waals surface area contributed by atoms with E-state index in [4.69, 9.17) is 16.3 Å². The van der Waals surface area contributed by atoms with E-state index in [0.29, 0.717) is 5.56 Å². The van der Waals surface area contributed by atoms with Crippen LogP contribution in [0.25, 0.3) is 0 Å². The van der Waals surface area contributed by atoms with Gasteiger partial charge in [0.1, 0.15) is 5.60 Å². The second kappa shape index (κ2) is 15.2. The van der Waals surface area contributed by atoms with Crippen LogP contribution in [0.15, 0.2) is 60.7 Å². The third kappa shape index (κ3) is 11.2. The molecule has 2 saturated heterocycles. The Labute approximate surface area is 218 Å². The second-order valence-corrected chi connectivity index (χ2v) is 9.61. The fourth-order valence-corrected chi connectivity index (χ4v) is 3.50. The summed E-state index contributed by atoms with van der Waals surface area (Å²) in [5.74, 6) is 0.145. The van der Waals surface area contributed by atoms with E-state index >= 15 is 0 Å². The summed E-state index contributed by atoms with van der Waals surface area (Å²) in [5, 5.41) is 6.00. The highest BCUT2D eigenvalue weighted by Crippen LogP contribution is 2.10. The Balaban J connectivity index is 0.000000195. The van der Waals surface area contributed by atoms with Crippen molar-refractivity contribution in [3.63, 3.8) is 0 Å². The minimum absolute atomic E-state index is 0.145. The number of rotatable bonds is 2. The van der Waals surface area contributed by atoms with Crippen LogP contribution in [0.4, 0.5) is 4.79 Å². The molecule has 0 unspecified atom stereocenters. The maximum Gasteiger partial charge on any atom is 0.410 e. The zero-order valence-corrected chi connectivity index (χ0v) is 22.1. The summed E-state index contributed by atoms with van der Waals surface area (Å²) >= 11 is 5.16. The summed E-state index contributed by atoms with van der Waals surface area (Å²) in [5.41, 5.74) is 0.940. The van der Waals surface area contributed by atoms with Crippen molar-refractivity contribution in [1.82, 2.24) is 20.4 Å². The summed E-state index contributed by atoms with van der Waals surface area (Å²) < 4.78 is 5.24. The topological polar surface area (TPSA) is 91.0 Å². The molecular formula is C27H37ClN4O4. The van der Waals surface area contributed by atoms with Gasteiger partial charge in [0.2, 0.25) is 0 Å².